The van der Waals surface area contributed by atoms with Crippen LogP contribution in [0.15, 0.2) is 52.5 Å². The van der Waals surface area contributed by atoms with Gasteiger partial charge in [0.05, 0.1) is 31.4 Å². The zero-order valence-corrected chi connectivity index (χ0v) is 23.3. The van der Waals surface area contributed by atoms with Crippen LogP contribution in [0.4, 0.5) is 0 Å². The molecule has 0 unspecified atom stereocenters. The lowest BCUT2D eigenvalue weighted by Crippen LogP contribution is -2.38. The second-order valence-corrected chi connectivity index (χ2v) is 10.9. The van der Waals surface area contributed by atoms with Gasteiger partial charge in [0.15, 0.2) is 0 Å². The Balaban J connectivity index is 1.65. The van der Waals surface area contributed by atoms with Crippen LogP contribution < -0.4 is 4.74 Å². The monoisotopic (exact) mass is 570 g/mol. The van der Waals surface area contributed by atoms with Gasteiger partial charge in [-0.25, -0.2) is 0 Å². The summed E-state index contributed by atoms with van der Waals surface area (Å²) < 4.78 is 12.1. The molecule has 1 N–H and O–H groups in total. The van der Waals surface area contributed by atoms with Crippen molar-refractivity contribution in [3.8, 4) is 5.75 Å². The van der Waals surface area contributed by atoms with E-state index in [-0.39, 0.29) is 11.3 Å². The molecule has 7 nitrogen and oxygen atoms in total. The number of nitrogens with zero attached hydrogens (tertiary/aromatic N) is 2. The Morgan fingerprint density at radius 2 is 1.81 bits per heavy atom. The lowest BCUT2D eigenvalue weighted by atomic mass is 9.94. The Bertz CT molecular complexity index is 1160. The number of likely N-dealkylation sites (tertiary alicyclic amines) is 1. The van der Waals surface area contributed by atoms with Crippen molar-refractivity contribution < 1.29 is 24.2 Å². The standard InChI is InChI=1S/C29H35BrN2O5/c1-19(2)18-37-23-9-10-24(20(3)17-23)27(33)25-26(21-5-7-22(30)8-6-21)32(29(35)28(25)34)12-4-11-31-13-15-36-16-14-31/h5-10,17,19,26,33H,4,11-16,18H2,1-3H3/b27-25+/t26-/m0/s1. The molecule has 198 valence electrons. The molecule has 1 atom stereocenters. The molecule has 1 amide bonds. The van der Waals surface area contributed by atoms with Crippen LogP contribution in [0.2, 0.25) is 0 Å². The molecule has 2 saturated heterocycles. The van der Waals surface area contributed by atoms with Crippen molar-refractivity contribution in [1.82, 2.24) is 9.80 Å². The predicted octanol–water partition coefficient (Wildman–Crippen LogP) is 4.94. The minimum absolute atomic E-state index is 0.123. The van der Waals surface area contributed by atoms with Crippen LogP contribution in [-0.4, -0.2) is 72.6 Å². The number of ether oxygens (including phenoxy) is 2. The van der Waals surface area contributed by atoms with Gasteiger partial charge in [-0.15, -0.1) is 0 Å². The van der Waals surface area contributed by atoms with E-state index in [0.717, 1.165) is 41.7 Å². The number of amides is 1. The number of hydrogen-bond donors (Lipinski definition) is 1. The van der Waals surface area contributed by atoms with Gasteiger partial charge in [0.2, 0.25) is 0 Å². The summed E-state index contributed by atoms with van der Waals surface area (Å²) in [5.74, 6) is -0.300. The zero-order chi connectivity index (χ0) is 26.5. The van der Waals surface area contributed by atoms with Gasteiger partial charge in [-0.2, -0.15) is 0 Å². The molecule has 2 heterocycles. The molecule has 0 aromatic heterocycles. The molecule has 2 aromatic carbocycles. The molecule has 0 radical (unpaired) electrons. The summed E-state index contributed by atoms with van der Waals surface area (Å²) >= 11 is 3.46. The average molecular weight is 572 g/mol. The van der Waals surface area contributed by atoms with Crippen molar-refractivity contribution in [2.75, 3.05) is 46.0 Å². The van der Waals surface area contributed by atoms with E-state index in [1.807, 2.05) is 37.3 Å². The Morgan fingerprint density at radius 3 is 2.46 bits per heavy atom. The number of aryl methyl sites for hydroxylation is 1. The fraction of sp³-hybridized carbons (Fsp3) is 0.448. The molecule has 4 rings (SSSR count). The highest BCUT2D eigenvalue weighted by Crippen LogP contribution is 2.40. The quantitative estimate of drug-likeness (QED) is 0.261. The summed E-state index contributed by atoms with van der Waals surface area (Å²) in [6, 6.07) is 12.3. The second-order valence-electron chi connectivity index (χ2n) is 10.0. The second kappa shape index (κ2) is 12.2. The number of aliphatic hydroxyl groups excluding tert-OH is 1. The molecule has 2 aromatic rings. The third-order valence-electron chi connectivity index (χ3n) is 6.74. The molecule has 0 bridgehead atoms. The molecular formula is C29H35BrN2O5. The number of aliphatic hydroxyl groups is 1. The van der Waals surface area contributed by atoms with E-state index in [1.165, 1.54) is 0 Å². The highest BCUT2D eigenvalue weighted by molar-refractivity contribution is 9.10. The van der Waals surface area contributed by atoms with Gasteiger partial charge >= 0.3 is 0 Å². The van der Waals surface area contributed by atoms with Gasteiger partial charge in [0, 0.05) is 36.2 Å². The van der Waals surface area contributed by atoms with Gasteiger partial charge in [-0.3, -0.25) is 14.5 Å². The van der Waals surface area contributed by atoms with E-state index in [4.69, 9.17) is 9.47 Å². The number of halogens is 1. The number of rotatable bonds is 9. The largest absolute Gasteiger partial charge is 0.507 e. The van der Waals surface area contributed by atoms with Crippen molar-refractivity contribution in [3.63, 3.8) is 0 Å². The van der Waals surface area contributed by atoms with E-state index in [1.54, 1.807) is 17.0 Å². The van der Waals surface area contributed by atoms with E-state index in [9.17, 15) is 14.7 Å². The Morgan fingerprint density at radius 1 is 1.11 bits per heavy atom. The highest BCUT2D eigenvalue weighted by atomic mass is 79.9. The third kappa shape index (κ3) is 6.43. The number of Topliss-reactive ketones (excluding diaryl/α,β-unsaturated/α-hetero) is 1. The number of hydrogen-bond acceptors (Lipinski definition) is 6. The van der Waals surface area contributed by atoms with Crippen LogP contribution >= 0.6 is 15.9 Å². The Labute approximate surface area is 227 Å². The SMILES string of the molecule is Cc1cc(OCC(C)C)ccc1/C(O)=C1\C(=O)C(=O)N(CCCN2CCOCC2)[C@H]1c1ccc(Br)cc1. The number of morpholine rings is 1. The summed E-state index contributed by atoms with van der Waals surface area (Å²) in [5.41, 5.74) is 2.19. The van der Waals surface area contributed by atoms with Crippen LogP contribution in [0.25, 0.3) is 5.76 Å². The number of ketones is 1. The summed E-state index contributed by atoms with van der Waals surface area (Å²) in [5, 5.41) is 11.4. The first-order chi connectivity index (χ1) is 17.8. The summed E-state index contributed by atoms with van der Waals surface area (Å²) in [6.45, 7) is 11.0. The average Bonchev–Trinajstić information content (AvgIpc) is 3.13. The number of carbonyl (C=O) groups is 2. The van der Waals surface area contributed by atoms with E-state index in [0.29, 0.717) is 43.6 Å². The van der Waals surface area contributed by atoms with E-state index < -0.39 is 17.7 Å². The van der Waals surface area contributed by atoms with Crippen molar-refractivity contribution in [2.24, 2.45) is 5.92 Å². The lowest BCUT2D eigenvalue weighted by Gasteiger charge is -2.29. The van der Waals surface area contributed by atoms with E-state index in [2.05, 4.69) is 34.7 Å². The lowest BCUT2D eigenvalue weighted by molar-refractivity contribution is -0.140. The molecule has 2 aliphatic rings. The fourth-order valence-corrected chi connectivity index (χ4v) is 5.06. The summed E-state index contributed by atoms with van der Waals surface area (Å²) in [6.07, 6.45) is 0.723. The summed E-state index contributed by atoms with van der Waals surface area (Å²) in [7, 11) is 0. The van der Waals surface area contributed by atoms with Crippen LogP contribution in [0.3, 0.4) is 0 Å². The summed E-state index contributed by atoms with van der Waals surface area (Å²) in [4.78, 5) is 30.5. The molecule has 0 aliphatic carbocycles. The first kappa shape index (κ1) is 27.4. The van der Waals surface area contributed by atoms with Gasteiger partial charge in [-0.05, 0) is 60.7 Å². The maximum Gasteiger partial charge on any atom is 0.295 e. The van der Waals surface area contributed by atoms with Crippen LogP contribution in [0.1, 0.15) is 43.0 Å². The molecule has 0 spiro atoms. The highest BCUT2D eigenvalue weighted by Gasteiger charge is 2.46. The maximum absolute atomic E-state index is 13.3. The predicted molar refractivity (Wildman–Crippen MR) is 147 cm³/mol. The van der Waals surface area contributed by atoms with Crippen LogP contribution in [0, 0.1) is 12.8 Å². The molecule has 37 heavy (non-hydrogen) atoms. The van der Waals surface area contributed by atoms with E-state index >= 15 is 0 Å². The Hall–Kier alpha value is -2.68. The van der Waals surface area contributed by atoms with Crippen molar-refractivity contribution in [2.45, 2.75) is 33.2 Å². The molecule has 2 fully saturated rings. The minimum Gasteiger partial charge on any atom is -0.507 e. The van der Waals surface area contributed by atoms with Crippen molar-refractivity contribution in [3.05, 3.63) is 69.2 Å². The number of carbonyl (C=O) groups excluding carboxylic acids is 2. The first-order valence-electron chi connectivity index (χ1n) is 12.8. The van der Waals surface area contributed by atoms with Gasteiger partial charge in [-0.1, -0.05) is 41.9 Å². The Kier molecular flexibility index (Phi) is 9.05. The van der Waals surface area contributed by atoms with Gasteiger partial charge in [0.25, 0.3) is 11.7 Å². The minimum atomic E-state index is -0.658. The first-order valence-corrected chi connectivity index (χ1v) is 13.6. The maximum atomic E-state index is 13.3. The third-order valence-corrected chi connectivity index (χ3v) is 7.27. The van der Waals surface area contributed by atoms with Crippen molar-refractivity contribution in [1.29, 1.82) is 0 Å². The topological polar surface area (TPSA) is 79.3 Å². The smallest absolute Gasteiger partial charge is 0.295 e. The number of benzene rings is 2. The van der Waals surface area contributed by atoms with Gasteiger partial charge < -0.3 is 19.5 Å². The normalized spacial score (nSPS) is 20.1. The molecule has 0 saturated carbocycles. The van der Waals surface area contributed by atoms with Crippen LogP contribution in [-0.2, 0) is 14.3 Å². The molecule has 8 heteroatoms. The zero-order valence-electron chi connectivity index (χ0n) is 21.7. The molecular weight excluding hydrogens is 536 g/mol. The van der Waals surface area contributed by atoms with Crippen molar-refractivity contribution >= 4 is 33.4 Å². The van der Waals surface area contributed by atoms with Crippen LogP contribution in [0.5, 0.6) is 5.75 Å². The fourth-order valence-electron chi connectivity index (χ4n) is 4.79. The van der Waals surface area contributed by atoms with Gasteiger partial charge in [0.1, 0.15) is 11.5 Å². The molecule has 2 aliphatic heterocycles.